The Balaban J connectivity index is 2.59. The zero-order valence-corrected chi connectivity index (χ0v) is 8.51. The molecule has 1 aliphatic rings. The fraction of sp³-hybridized carbons (Fsp3) is 0.143. The van der Waals surface area contributed by atoms with Crippen molar-refractivity contribution in [3.05, 3.63) is 65.8 Å². The Kier molecular flexibility index (Phi) is 2.12. The molecule has 0 spiro atoms. The van der Waals surface area contributed by atoms with E-state index in [2.05, 4.69) is 44.3 Å². The van der Waals surface area contributed by atoms with E-state index in [1.807, 2.05) is 6.08 Å². The second kappa shape index (κ2) is 3.30. The predicted octanol–water partition coefficient (Wildman–Crippen LogP) is 3.76. The third-order valence-corrected chi connectivity index (χ3v) is 2.72. The first-order valence-electron chi connectivity index (χ1n) is 4.83. The van der Waals surface area contributed by atoms with Crippen LogP contribution in [0.1, 0.15) is 18.1 Å². The minimum atomic E-state index is 1.01. The van der Waals surface area contributed by atoms with Crippen molar-refractivity contribution in [3.8, 4) is 0 Å². The highest BCUT2D eigenvalue weighted by Crippen LogP contribution is 2.36. The van der Waals surface area contributed by atoms with Gasteiger partial charge in [0.1, 0.15) is 0 Å². The summed E-state index contributed by atoms with van der Waals surface area (Å²) in [6, 6.07) is 8.49. The van der Waals surface area contributed by atoms with Crippen molar-refractivity contribution in [2.45, 2.75) is 13.3 Å². The minimum absolute atomic E-state index is 1.01. The molecule has 1 aromatic carbocycles. The molecule has 0 unspecified atom stereocenters. The van der Waals surface area contributed by atoms with Crippen LogP contribution in [0.5, 0.6) is 0 Å². The van der Waals surface area contributed by atoms with Gasteiger partial charge in [-0.05, 0) is 35.6 Å². The van der Waals surface area contributed by atoms with Crippen molar-refractivity contribution in [1.29, 1.82) is 0 Å². The van der Waals surface area contributed by atoms with Crippen LogP contribution in [0, 0.1) is 0 Å². The van der Waals surface area contributed by atoms with Crippen molar-refractivity contribution in [2.75, 3.05) is 0 Å². The molecule has 2 rings (SSSR count). The van der Waals surface area contributed by atoms with E-state index in [4.69, 9.17) is 0 Å². The predicted molar refractivity (Wildman–Crippen MR) is 62.1 cm³/mol. The quantitative estimate of drug-likeness (QED) is 0.653. The summed E-state index contributed by atoms with van der Waals surface area (Å²) in [6.45, 7) is 9.95. The van der Waals surface area contributed by atoms with E-state index in [1.165, 1.54) is 22.3 Å². The number of hydrogen-bond donors (Lipinski definition) is 0. The van der Waals surface area contributed by atoms with Gasteiger partial charge in [-0.15, -0.1) is 0 Å². The first-order valence-corrected chi connectivity index (χ1v) is 4.83. The Morgan fingerprint density at radius 2 is 2.07 bits per heavy atom. The molecule has 70 valence electrons. The van der Waals surface area contributed by atoms with Crippen LogP contribution >= 0.6 is 0 Å². The Labute approximate surface area is 85.3 Å². The largest absolute Gasteiger partial charge is 0.0984 e. The molecule has 0 fully saturated rings. The molecule has 0 atom stereocenters. The van der Waals surface area contributed by atoms with Crippen molar-refractivity contribution in [2.24, 2.45) is 0 Å². The fourth-order valence-electron chi connectivity index (χ4n) is 2.00. The molecule has 0 aliphatic heterocycles. The minimum Gasteiger partial charge on any atom is -0.0984 e. The van der Waals surface area contributed by atoms with Gasteiger partial charge in [-0.2, -0.15) is 0 Å². The lowest BCUT2D eigenvalue weighted by Gasteiger charge is -2.01. The van der Waals surface area contributed by atoms with Crippen molar-refractivity contribution < 1.29 is 0 Å². The van der Waals surface area contributed by atoms with E-state index in [0.29, 0.717) is 0 Å². The molecule has 1 aliphatic carbocycles. The molecular formula is C14H14. The van der Waals surface area contributed by atoms with E-state index in [-0.39, 0.29) is 0 Å². The summed E-state index contributed by atoms with van der Waals surface area (Å²) in [5, 5.41) is 0. The molecule has 0 heterocycles. The molecule has 0 radical (unpaired) electrons. The molecule has 0 saturated heterocycles. The van der Waals surface area contributed by atoms with Crippen LogP contribution in [0.2, 0.25) is 0 Å². The molecular weight excluding hydrogens is 168 g/mol. The number of benzene rings is 1. The number of hydrogen-bond acceptors (Lipinski definition) is 0. The zero-order chi connectivity index (χ0) is 10.1. The maximum Gasteiger partial charge on any atom is -0.00110 e. The lowest BCUT2D eigenvalue weighted by molar-refractivity contribution is 1.20. The molecule has 1 aromatic rings. The van der Waals surface area contributed by atoms with E-state index in [0.717, 1.165) is 12.0 Å². The van der Waals surface area contributed by atoms with Gasteiger partial charge in [-0.25, -0.2) is 0 Å². The maximum absolute atomic E-state index is 4.01. The van der Waals surface area contributed by atoms with Gasteiger partial charge in [-0.1, -0.05) is 49.1 Å². The van der Waals surface area contributed by atoms with E-state index in [9.17, 15) is 0 Å². The highest BCUT2D eigenvalue weighted by atomic mass is 14.2. The molecule has 0 aromatic heterocycles. The summed E-state index contributed by atoms with van der Waals surface area (Å²) >= 11 is 0. The fourth-order valence-corrected chi connectivity index (χ4v) is 2.00. The van der Waals surface area contributed by atoms with Crippen LogP contribution in [0.25, 0.3) is 5.57 Å². The van der Waals surface area contributed by atoms with Crippen LogP contribution in [0.4, 0.5) is 0 Å². The second-order valence-electron chi connectivity index (χ2n) is 3.71. The standard InChI is InChI=1S/C14H14/c1-4-12-13-8-6-5-7-11(13)9-14(12)10(2)3/h4-8H,1-2,9H2,3H3. The van der Waals surface area contributed by atoms with Crippen LogP contribution in [0.15, 0.2) is 54.6 Å². The lowest BCUT2D eigenvalue weighted by atomic mass is 10.0. The zero-order valence-electron chi connectivity index (χ0n) is 8.51. The average Bonchev–Trinajstić information content (AvgIpc) is 2.56. The second-order valence-corrected chi connectivity index (χ2v) is 3.71. The van der Waals surface area contributed by atoms with E-state index < -0.39 is 0 Å². The topological polar surface area (TPSA) is 0 Å². The Morgan fingerprint density at radius 1 is 1.36 bits per heavy atom. The normalized spacial score (nSPS) is 14.1. The van der Waals surface area contributed by atoms with Crippen LogP contribution in [-0.2, 0) is 6.42 Å². The van der Waals surface area contributed by atoms with Crippen LogP contribution in [-0.4, -0.2) is 0 Å². The summed E-state index contributed by atoms with van der Waals surface area (Å²) in [5.74, 6) is 0. The Morgan fingerprint density at radius 3 is 2.71 bits per heavy atom. The van der Waals surface area contributed by atoms with Crippen molar-refractivity contribution >= 4 is 5.57 Å². The highest BCUT2D eigenvalue weighted by Gasteiger charge is 2.18. The third kappa shape index (κ3) is 1.24. The van der Waals surface area contributed by atoms with Gasteiger partial charge in [0.15, 0.2) is 0 Å². The molecule has 0 nitrogen and oxygen atoms in total. The van der Waals surface area contributed by atoms with Crippen molar-refractivity contribution in [1.82, 2.24) is 0 Å². The molecule has 0 N–H and O–H groups in total. The smallest absolute Gasteiger partial charge is 0.00110 e. The van der Waals surface area contributed by atoms with Gasteiger partial charge in [-0.3, -0.25) is 0 Å². The molecule has 0 bridgehead atoms. The monoisotopic (exact) mass is 182 g/mol. The molecule has 0 saturated carbocycles. The number of allylic oxidation sites excluding steroid dienone is 4. The van der Waals surface area contributed by atoms with Crippen LogP contribution in [0.3, 0.4) is 0 Å². The Hall–Kier alpha value is -1.56. The van der Waals surface area contributed by atoms with E-state index >= 15 is 0 Å². The summed E-state index contributed by atoms with van der Waals surface area (Å²) in [7, 11) is 0. The number of fused-ring (bicyclic) bond motifs is 1. The Bertz CT molecular complexity index is 433. The van der Waals surface area contributed by atoms with E-state index in [1.54, 1.807) is 0 Å². The first-order chi connectivity index (χ1) is 6.74. The third-order valence-electron chi connectivity index (χ3n) is 2.72. The summed E-state index contributed by atoms with van der Waals surface area (Å²) in [6.07, 6.45) is 2.95. The number of rotatable bonds is 2. The average molecular weight is 182 g/mol. The summed E-state index contributed by atoms with van der Waals surface area (Å²) in [4.78, 5) is 0. The van der Waals surface area contributed by atoms with Gasteiger partial charge in [0, 0.05) is 0 Å². The van der Waals surface area contributed by atoms with Gasteiger partial charge in [0.2, 0.25) is 0 Å². The molecule has 0 heteroatoms. The van der Waals surface area contributed by atoms with Gasteiger partial charge < -0.3 is 0 Å². The summed E-state index contributed by atoms with van der Waals surface area (Å²) in [5.41, 5.74) is 6.45. The first kappa shape index (κ1) is 9.01. The maximum atomic E-state index is 4.01. The molecule has 14 heavy (non-hydrogen) atoms. The lowest BCUT2D eigenvalue weighted by Crippen LogP contribution is -1.84. The molecule has 0 amide bonds. The highest BCUT2D eigenvalue weighted by molar-refractivity contribution is 5.85. The van der Waals surface area contributed by atoms with Crippen molar-refractivity contribution in [3.63, 3.8) is 0 Å². The van der Waals surface area contributed by atoms with Gasteiger partial charge in [0.25, 0.3) is 0 Å². The van der Waals surface area contributed by atoms with Gasteiger partial charge in [0.05, 0.1) is 0 Å². The van der Waals surface area contributed by atoms with Gasteiger partial charge >= 0.3 is 0 Å². The van der Waals surface area contributed by atoms with Crippen LogP contribution < -0.4 is 0 Å². The summed E-state index contributed by atoms with van der Waals surface area (Å²) < 4.78 is 0. The SMILES string of the molecule is C=CC1=C(C(=C)C)Cc2ccccc21.